The summed E-state index contributed by atoms with van der Waals surface area (Å²) in [6, 6.07) is 15.5. The molecule has 0 unspecified atom stereocenters. The first-order valence-electron chi connectivity index (χ1n) is 10.1. The van der Waals surface area contributed by atoms with Crippen molar-refractivity contribution in [2.24, 2.45) is 0 Å². The van der Waals surface area contributed by atoms with E-state index < -0.39 is 0 Å². The molecule has 0 spiro atoms. The standard InChI is InChI=1S/C22H25ClN4O3/c23-17-6-7-20-19(14-17)27(22(29)16-30-20)15-21(28)24-8-9-25-10-12-26(13-11-25)18-4-2-1-3-5-18/h1-7,14H,8-13,15-16H2,(H,24,28). The van der Waals surface area contributed by atoms with E-state index in [1.807, 2.05) is 6.07 Å². The number of para-hydroxylation sites is 1. The number of anilines is 2. The summed E-state index contributed by atoms with van der Waals surface area (Å²) in [5.41, 5.74) is 1.78. The molecule has 2 aliphatic rings. The van der Waals surface area contributed by atoms with Crippen molar-refractivity contribution in [2.75, 3.05) is 62.2 Å². The third-order valence-electron chi connectivity index (χ3n) is 5.41. The predicted molar refractivity (Wildman–Crippen MR) is 117 cm³/mol. The molecule has 2 aromatic rings. The Morgan fingerprint density at radius 1 is 1.07 bits per heavy atom. The van der Waals surface area contributed by atoms with Gasteiger partial charge in [0, 0.05) is 50.0 Å². The maximum absolute atomic E-state index is 12.4. The van der Waals surface area contributed by atoms with Gasteiger partial charge in [0.15, 0.2) is 6.61 Å². The number of benzene rings is 2. The largest absolute Gasteiger partial charge is 0.482 e. The molecule has 2 amide bonds. The summed E-state index contributed by atoms with van der Waals surface area (Å²) >= 11 is 6.04. The molecule has 30 heavy (non-hydrogen) atoms. The lowest BCUT2D eigenvalue weighted by Crippen LogP contribution is -2.49. The Hall–Kier alpha value is -2.77. The van der Waals surface area contributed by atoms with Crippen LogP contribution in [0.2, 0.25) is 5.02 Å². The molecule has 1 fully saturated rings. The molecule has 2 heterocycles. The van der Waals surface area contributed by atoms with Gasteiger partial charge >= 0.3 is 0 Å². The lowest BCUT2D eigenvalue weighted by Gasteiger charge is -2.36. The first kappa shape index (κ1) is 20.5. The molecular formula is C22H25ClN4O3. The summed E-state index contributed by atoms with van der Waals surface area (Å²) in [6.07, 6.45) is 0. The average molecular weight is 429 g/mol. The fraction of sp³-hybridized carbons (Fsp3) is 0.364. The number of carbonyl (C=O) groups is 2. The number of hydrogen-bond donors (Lipinski definition) is 1. The fourth-order valence-corrected chi connectivity index (χ4v) is 3.94. The van der Waals surface area contributed by atoms with Crippen LogP contribution in [-0.4, -0.2) is 69.1 Å². The van der Waals surface area contributed by atoms with Gasteiger partial charge in [-0.1, -0.05) is 29.8 Å². The monoisotopic (exact) mass is 428 g/mol. The van der Waals surface area contributed by atoms with Gasteiger partial charge in [-0.2, -0.15) is 0 Å². The van der Waals surface area contributed by atoms with E-state index in [1.165, 1.54) is 10.6 Å². The minimum absolute atomic E-state index is 0.0443. The third kappa shape index (κ3) is 4.86. The molecule has 2 aliphatic heterocycles. The summed E-state index contributed by atoms with van der Waals surface area (Å²) < 4.78 is 5.41. The second-order valence-corrected chi connectivity index (χ2v) is 7.83. The highest BCUT2D eigenvalue weighted by atomic mass is 35.5. The van der Waals surface area contributed by atoms with Gasteiger partial charge in [-0.3, -0.25) is 19.4 Å². The Labute approximate surface area is 181 Å². The lowest BCUT2D eigenvalue weighted by molar-refractivity contribution is -0.125. The van der Waals surface area contributed by atoms with E-state index in [0.29, 0.717) is 23.0 Å². The lowest BCUT2D eigenvalue weighted by atomic mass is 10.2. The van der Waals surface area contributed by atoms with Crippen LogP contribution in [0.4, 0.5) is 11.4 Å². The number of nitrogens with zero attached hydrogens (tertiary/aromatic N) is 3. The topological polar surface area (TPSA) is 65.1 Å². The van der Waals surface area contributed by atoms with Gasteiger partial charge in [-0.05, 0) is 30.3 Å². The Kier molecular flexibility index (Phi) is 6.40. The fourth-order valence-electron chi connectivity index (χ4n) is 3.77. The highest BCUT2D eigenvalue weighted by molar-refractivity contribution is 6.31. The summed E-state index contributed by atoms with van der Waals surface area (Å²) in [6.45, 7) is 5.07. The third-order valence-corrected chi connectivity index (χ3v) is 5.64. The van der Waals surface area contributed by atoms with Crippen LogP contribution in [0.15, 0.2) is 48.5 Å². The van der Waals surface area contributed by atoms with Crippen molar-refractivity contribution >= 4 is 34.8 Å². The Balaban J connectivity index is 1.23. The van der Waals surface area contributed by atoms with Crippen molar-refractivity contribution in [3.8, 4) is 5.75 Å². The molecule has 0 saturated carbocycles. The van der Waals surface area contributed by atoms with Crippen LogP contribution in [0.3, 0.4) is 0 Å². The number of hydrogen-bond acceptors (Lipinski definition) is 5. The maximum Gasteiger partial charge on any atom is 0.265 e. The van der Waals surface area contributed by atoms with Gasteiger partial charge in [-0.25, -0.2) is 0 Å². The maximum atomic E-state index is 12.4. The Morgan fingerprint density at radius 3 is 2.60 bits per heavy atom. The highest BCUT2D eigenvalue weighted by Crippen LogP contribution is 2.34. The first-order chi connectivity index (χ1) is 14.6. The van der Waals surface area contributed by atoms with E-state index in [-0.39, 0.29) is 25.0 Å². The summed E-state index contributed by atoms with van der Waals surface area (Å²) in [4.78, 5) is 30.8. The smallest absolute Gasteiger partial charge is 0.265 e. The number of amides is 2. The number of carbonyl (C=O) groups excluding carboxylic acids is 2. The van der Waals surface area contributed by atoms with Crippen molar-refractivity contribution in [1.82, 2.24) is 10.2 Å². The highest BCUT2D eigenvalue weighted by Gasteiger charge is 2.27. The molecule has 8 heteroatoms. The molecular weight excluding hydrogens is 404 g/mol. The Bertz CT molecular complexity index is 901. The first-order valence-corrected chi connectivity index (χ1v) is 10.5. The average Bonchev–Trinajstić information content (AvgIpc) is 2.77. The molecule has 4 rings (SSSR count). The number of piperazine rings is 1. The molecule has 0 bridgehead atoms. The number of nitrogens with one attached hydrogen (secondary N) is 1. The van der Waals surface area contributed by atoms with Crippen LogP contribution >= 0.6 is 11.6 Å². The van der Waals surface area contributed by atoms with Crippen LogP contribution in [0, 0.1) is 0 Å². The second-order valence-electron chi connectivity index (χ2n) is 7.39. The molecule has 2 aromatic carbocycles. The molecule has 1 saturated heterocycles. The molecule has 1 N–H and O–H groups in total. The predicted octanol–water partition coefficient (Wildman–Crippen LogP) is 2.00. The van der Waals surface area contributed by atoms with Gasteiger partial charge in [0.1, 0.15) is 12.3 Å². The molecule has 0 radical (unpaired) electrons. The quantitative estimate of drug-likeness (QED) is 0.762. The van der Waals surface area contributed by atoms with Crippen molar-refractivity contribution in [3.05, 3.63) is 53.6 Å². The van der Waals surface area contributed by atoms with Gasteiger partial charge in [-0.15, -0.1) is 0 Å². The Morgan fingerprint density at radius 2 is 1.83 bits per heavy atom. The molecule has 0 atom stereocenters. The van der Waals surface area contributed by atoms with E-state index >= 15 is 0 Å². The molecule has 0 aliphatic carbocycles. The van der Waals surface area contributed by atoms with Gasteiger partial charge in [0.2, 0.25) is 5.91 Å². The van der Waals surface area contributed by atoms with Gasteiger partial charge < -0.3 is 15.0 Å². The normalized spacial score (nSPS) is 16.8. The van der Waals surface area contributed by atoms with E-state index in [9.17, 15) is 9.59 Å². The van der Waals surface area contributed by atoms with Crippen LogP contribution < -0.4 is 19.9 Å². The van der Waals surface area contributed by atoms with Crippen molar-refractivity contribution < 1.29 is 14.3 Å². The zero-order chi connectivity index (χ0) is 20.9. The van der Waals surface area contributed by atoms with Crippen LogP contribution in [0.25, 0.3) is 0 Å². The SMILES string of the molecule is O=C(CN1C(=O)COc2ccc(Cl)cc21)NCCN1CCN(c2ccccc2)CC1. The minimum Gasteiger partial charge on any atom is -0.482 e. The van der Waals surface area contributed by atoms with E-state index in [2.05, 4.69) is 39.4 Å². The zero-order valence-corrected chi connectivity index (χ0v) is 17.5. The van der Waals surface area contributed by atoms with Gasteiger partial charge in [0.25, 0.3) is 5.91 Å². The van der Waals surface area contributed by atoms with Crippen LogP contribution in [0.5, 0.6) is 5.75 Å². The number of halogens is 1. The number of rotatable bonds is 6. The van der Waals surface area contributed by atoms with Crippen LogP contribution in [0.1, 0.15) is 0 Å². The van der Waals surface area contributed by atoms with E-state index in [4.69, 9.17) is 16.3 Å². The summed E-state index contributed by atoms with van der Waals surface area (Å²) in [5, 5.41) is 3.42. The molecule has 7 nitrogen and oxygen atoms in total. The van der Waals surface area contributed by atoms with Crippen molar-refractivity contribution in [3.63, 3.8) is 0 Å². The van der Waals surface area contributed by atoms with Gasteiger partial charge in [0.05, 0.1) is 5.69 Å². The van der Waals surface area contributed by atoms with E-state index in [1.54, 1.807) is 18.2 Å². The number of fused-ring (bicyclic) bond motifs is 1. The zero-order valence-electron chi connectivity index (χ0n) is 16.7. The van der Waals surface area contributed by atoms with E-state index in [0.717, 1.165) is 32.7 Å². The second kappa shape index (κ2) is 9.36. The molecule has 158 valence electrons. The summed E-state index contributed by atoms with van der Waals surface area (Å²) in [7, 11) is 0. The van der Waals surface area contributed by atoms with Crippen LogP contribution in [-0.2, 0) is 9.59 Å². The number of ether oxygens (including phenoxy) is 1. The summed E-state index contributed by atoms with van der Waals surface area (Å²) in [5.74, 6) is 0.110. The van der Waals surface area contributed by atoms with Crippen molar-refractivity contribution in [2.45, 2.75) is 0 Å². The molecule has 0 aromatic heterocycles. The van der Waals surface area contributed by atoms with Crippen molar-refractivity contribution in [1.29, 1.82) is 0 Å². The minimum atomic E-state index is -0.253.